The third-order valence-electron chi connectivity index (χ3n) is 2.10. The standard InChI is InChI=1S/C9H5Br2N5OS/c10-7-8(11)14-16(13-7)3-6-12-9(17-15-6)5-1-2-18-4-5/h1-2,4H,3H2. The van der Waals surface area contributed by atoms with E-state index in [1.165, 1.54) is 4.80 Å². The van der Waals surface area contributed by atoms with Crippen molar-refractivity contribution in [2.24, 2.45) is 0 Å². The number of hydrogen-bond acceptors (Lipinski definition) is 6. The monoisotopic (exact) mass is 389 g/mol. The van der Waals surface area contributed by atoms with Gasteiger partial charge in [0.2, 0.25) is 0 Å². The smallest absolute Gasteiger partial charge is 0.258 e. The van der Waals surface area contributed by atoms with Gasteiger partial charge in [-0.25, -0.2) is 0 Å². The molecule has 3 aromatic rings. The molecule has 0 bridgehead atoms. The van der Waals surface area contributed by atoms with E-state index >= 15 is 0 Å². The predicted molar refractivity (Wildman–Crippen MR) is 72.1 cm³/mol. The van der Waals surface area contributed by atoms with Crippen molar-refractivity contribution in [3.63, 3.8) is 0 Å². The molecule has 3 rings (SSSR count). The molecule has 0 fully saturated rings. The molecule has 0 spiro atoms. The topological polar surface area (TPSA) is 69.6 Å². The summed E-state index contributed by atoms with van der Waals surface area (Å²) in [4.78, 5) is 5.77. The zero-order chi connectivity index (χ0) is 12.5. The van der Waals surface area contributed by atoms with Gasteiger partial charge in [-0.05, 0) is 43.3 Å². The van der Waals surface area contributed by atoms with E-state index in [0.717, 1.165) is 5.56 Å². The Morgan fingerprint density at radius 3 is 2.72 bits per heavy atom. The highest BCUT2D eigenvalue weighted by Gasteiger charge is 2.12. The van der Waals surface area contributed by atoms with Crippen LogP contribution in [0.2, 0.25) is 0 Å². The predicted octanol–water partition coefficient (Wildman–Crippen LogP) is 2.96. The van der Waals surface area contributed by atoms with E-state index in [1.54, 1.807) is 11.3 Å². The normalized spacial score (nSPS) is 11.0. The fourth-order valence-electron chi connectivity index (χ4n) is 1.33. The van der Waals surface area contributed by atoms with Crippen molar-refractivity contribution in [3.8, 4) is 11.5 Å². The molecular formula is C9H5Br2N5OS. The lowest BCUT2D eigenvalue weighted by Gasteiger charge is -1.91. The minimum absolute atomic E-state index is 0.359. The van der Waals surface area contributed by atoms with E-state index in [1.807, 2.05) is 16.8 Å². The first-order valence-corrected chi connectivity index (χ1v) is 7.36. The highest BCUT2D eigenvalue weighted by atomic mass is 79.9. The summed E-state index contributed by atoms with van der Waals surface area (Å²) >= 11 is 8.11. The first kappa shape index (κ1) is 12.0. The Hall–Kier alpha value is -1.06. The number of aromatic nitrogens is 5. The SMILES string of the molecule is Brc1nn(Cc2noc(-c3ccsc3)n2)nc1Br. The van der Waals surface area contributed by atoms with Gasteiger partial charge < -0.3 is 4.52 Å². The number of nitrogens with zero attached hydrogens (tertiary/aromatic N) is 5. The Labute approximate surface area is 122 Å². The molecule has 0 saturated heterocycles. The second-order valence-electron chi connectivity index (χ2n) is 3.34. The van der Waals surface area contributed by atoms with Crippen LogP contribution in [0.1, 0.15) is 5.82 Å². The number of hydrogen-bond donors (Lipinski definition) is 0. The van der Waals surface area contributed by atoms with E-state index in [9.17, 15) is 0 Å². The van der Waals surface area contributed by atoms with Gasteiger partial charge in [0.25, 0.3) is 5.89 Å². The van der Waals surface area contributed by atoms with Crippen LogP contribution in [0.3, 0.4) is 0 Å². The molecule has 18 heavy (non-hydrogen) atoms. The summed E-state index contributed by atoms with van der Waals surface area (Å²) in [5, 5.41) is 16.1. The first-order valence-electron chi connectivity index (χ1n) is 4.83. The molecule has 0 unspecified atom stereocenters. The lowest BCUT2D eigenvalue weighted by molar-refractivity contribution is 0.415. The Morgan fingerprint density at radius 2 is 2.06 bits per heavy atom. The maximum Gasteiger partial charge on any atom is 0.258 e. The molecule has 0 aliphatic carbocycles. The number of rotatable bonds is 3. The zero-order valence-electron chi connectivity index (χ0n) is 8.75. The van der Waals surface area contributed by atoms with Crippen LogP contribution in [0.5, 0.6) is 0 Å². The molecule has 6 nitrogen and oxygen atoms in total. The van der Waals surface area contributed by atoms with E-state index in [0.29, 0.717) is 27.5 Å². The molecule has 9 heteroatoms. The van der Waals surface area contributed by atoms with Crippen LogP contribution >= 0.6 is 43.2 Å². The summed E-state index contributed by atoms with van der Waals surface area (Å²) in [5.74, 6) is 1.04. The largest absolute Gasteiger partial charge is 0.334 e. The summed E-state index contributed by atoms with van der Waals surface area (Å²) in [7, 11) is 0. The number of halogens is 2. The zero-order valence-corrected chi connectivity index (χ0v) is 12.7. The van der Waals surface area contributed by atoms with E-state index in [4.69, 9.17) is 4.52 Å². The maximum absolute atomic E-state index is 5.17. The molecule has 3 heterocycles. The van der Waals surface area contributed by atoms with Gasteiger partial charge in [-0.15, -0.1) is 10.2 Å². The lowest BCUT2D eigenvalue weighted by Crippen LogP contribution is -2.05. The molecule has 0 radical (unpaired) electrons. The first-order chi connectivity index (χ1) is 8.72. The van der Waals surface area contributed by atoms with Gasteiger partial charge in [0, 0.05) is 5.38 Å². The van der Waals surface area contributed by atoms with Gasteiger partial charge in [-0.1, -0.05) is 5.16 Å². The minimum atomic E-state index is 0.359. The lowest BCUT2D eigenvalue weighted by atomic mass is 10.3. The Morgan fingerprint density at radius 1 is 1.28 bits per heavy atom. The van der Waals surface area contributed by atoms with Crippen LogP contribution in [0.25, 0.3) is 11.5 Å². The fraction of sp³-hybridized carbons (Fsp3) is 0.111. The minimum Gasteiger partial charge on any atom is -0.334 e. The Bertz CT molecular complexity index is 643. The van der Waals surface area contributed by atoms with Crippen LogP contribution in [-0.2, 0) is 6.54 Å². The van der Waals surface area contributed by atoms with Gasteiger partial charge in [-0.3, -0.25) is 0 Å². The average molecular weight is 391 g/mol. The highest BCUT2D eigenvalue weighted by molar-refractivity contribution is 9.13. The summed E-state index contributed by atoms with van der Waals surface area (Å²) in [6.45, 7) is 0.359. The van der Waals surface area contributed by atoms with E-state index in [-0.39, 0.29) is 0 Å². The molecule has 0 N–H and O–H groups in total. The summed E-state index contributed by atoms with van der Waals surface area (Å²) < 4.78 is 6.46. The van der Waals surface area contributed by atoms with Crippen molar-refractivity contribution in [1.29, 1.82) is 0 Å². The van der Waals surface area contributed by atoms with Crippen LogP contribution in [0, 0.1) is 0 Å². The quantitative estimate of drug-likeness (QED) is 0.687. The average Bonchev–Trinajstić information content (AvgIpc) is 3.02. The maximum atomic E-state index is 5.17. The molecule has 0 aromatic carbocycles. The highest BCUT2D eigenvalue weighted by Crippen LogP contribution is 2.20. The molecule has 0 atom stereocenters. The van der Waals surface area contributed by atoms with E-state index in [2.05, 4.69) is 52.2 Å². The van der Waals surface area contributed by atoms with Gasteiger partial charge in [-0.2, -0.15) is 21.1 Å². The molecule has 3 aromatic heterocycles. The van der Waals surface area contributed by atoms with Gasteiger partial charge >= 0.3 is 0 Å². The van der Waals surface area contributed by atoms with Crippen LogP contribution in [0.4, 0.5) is 0 Å². The fourth-order valence-corrected chi connectivity index (χ4v) is 2.48. The Kier molecular flexibility index (Phi) is 3.27. The molecule has 0 saturated carbocycles. The van der Waals surface area contributed by atoms with Crippen LogP contribution in [0.15, 0.2) is 30.6 Å². The molecule has 0 aliphatic rings. The van der Waals surface area contributed by atoms with Crippen LogP contribution in [-0.4, -0.2) is 25.1 Å². The third kappa shape index (κ3) is 2.38. The van der Waals surface area contributed by atoms with Crippen molar-refractivity contribution in [1.82, 2.24) is 25.1 Å². The second kappa shape index (κ2) is 4.90. The van der Waals surface area contributed by atoms with Gasteiger partial charge in [0.05, 0.1) is 5.56 Å². The van der Waals surface area contributed by atoms with Crippen molar-refractivity contribution in [2.45, 2.75) is 6.54 Å². The van der Waals surface area contributed by atoms with Crippen LogP contribution < -0.4 is 0 Å². The number of thiophene rings is 1. The molecule has 92 valence electrons. The van der Waals surface area contributed by atoms with Gasteiger partial charge in [0.15, 0.2) is 15.0 Å². The van der Waals surface area contributed by atoms with Gasteiger partial charge in [0.1, 0.15) is 6.54 Å². The molecule has 0 aliphatic heterocycles. The van der Waals surface area contributed by atoms with Crippen molar-refractivity contribution < 1.29 is 4.52 Å². The third-order valence-corrected chi connectivity index (χ3v) is 4.38. The second-order valence-corrected chi connectivity index (χ2v) is 5.62. The van der Waals surface area contributed by atoms with Crippen molar-refractivity contribution >= 4 is 43.2 Å². The van der Waals surface area contributed by atoms with Crippen molar-refractivity contribution in [3.05, 3.63) is 31.9 Å². The summed E-state index contributed by atoms with van der Waals surface area (Å²) in [6.07, 6.45) is 0. The summed E-state index contributed by atoms with van der Waals surface area (Å²) in [5.41, 5.74) is 0.925. The molecule has 0 amide bonds. The van der Waals surface area contributed by atoms with Crippen molar-refractivity contribution in [2.75, 3.05) is 0 Å². The summed E-state index contributed by atoms with van der Waals surface area (Å²) in [6, 6.07) is 1.93. The Balaban J connectivity index is 1.82. The van der Waals surface area contributed by atoms with E-state index < -0.39 is 0 Å². The molecular weight excluding hydrogens is 386 g/mol.